The van der Waals surface area contributed by atoms with E-state index in [9.17, 15) is 4.57 Å². The highest BCUT2D eigenvalue weighted by Gasteiger charge is 2.36. The molecule has 90 valence electrons. The van der Waals surface area contributed by atoms with Crippen LogP contribution in [-0.2, 0) is 4.57 Å². The van der Waals surface area contributed by atoms with Crippen molar-refractivity contribution in [3.8, 4) is 0 Å². The standard InChI is InChI=1S/C11H24NOPS/c1-10(2)14(13)8-6-12(7-9-14)11(3,4)15-5/h10H,6-9H2,1-5H3. The first-order valence-electron chi connectivity index (χ1n) is 5.70. The molecule has 1 aliphatic rings. The van der Waals surface area contributed by atoms with Gasteiger partial charge >= 0.3 is 0 Å². The Kier molecular flexibility index (Phi) is 4.36. The Balaban J connectivity index is 2.60. The van der Waals surface area contributed by atoms with Gasteiger partial charge < -0.3 is 4.57 Å². The third-order valence-corrected chi connectivity index (χ3v) is 8.75. The lowest BCUT2D eigenvalue weighted by Gasteiger charge is -2.42. The third kappa shape index (κ3) is 3.01. The Hall–Kier alpha value is 0.540. The molecule has 2 nitrogen and oxygen atoms in total. The summed E-state index contributed by atoms with van der Waals surface area (Å²) in [7, 11) is -1.85. The molecule has 1 saturated heterocycles. The van der Waals surface area contributed by atoms with Crippen molar-refractivity contribution in [3.05, 3.63) is 0 Å². The Bertz CT molecular complexity index is 253. The van der Waals surface area contributed by atoms with Gasteiger partial charge in [0.15, 0.2) is 0 Å². The lowest BCUT2D eigenvalue weighted by molar-refractivity contribution is 0.212. The van der Waals surface area contributed by atoms with Crippen molar-refractivity contribution in [2.24, 2.45) is 0 Å². The smallest absolute Gasteiger partial charge is 0.0926 e. The Morgan fingerprint density at radius 3 is 2.07 bits per heavy atom. The molecule has 0 amide bonds. The summed E-state index contributed by atoms with van der Waals surface area (Å²) in [6.07, 6.45) is 3.97. The van der Waals surface area contributed by atoms with E-state index in [0.717, 1.165) is 25.4 Å². The van der Waals surface area contributed by atoms with Gasteiger partial charge in [0.25, 0.3) is 0 Å². The molecule has 1 fully saturated rings. The van der Waals surface area contributed by atoms with Crippen LogP contribution >= 0.6 is 18.9 Å². The van der Waals surface area contributed by atoms with Gasteiger partial charge in [0.1, 0.15) is 0 Å². The molecule has 4 heteroatoms. The molecule has 0 radical (unpaired) electrons. The average molecular weight is 249 g/mol. The van der Waals surface area contributed by atoms with Crippen LogP contribution in [0.25, 0.3) is 0 Å². The van der Waals surface area contributed by atoms with Crippen molar-refractivity contribution in [2.75, 3.05) is 31.7 Å². The molecule has 0 aromatic heterocycles. The maximum absolute atomic E-state index is 12.5. The van der Waals surface area contributed by atoms with Gasteiger partial charge in [-0.3, -0.25) is 4.90 Å². The molecule has 0 aromatic rings. The topological polar surface area (TPSA) is 20.3 Å². The van der Waals surface area contributed by atoms with Gasteiger partial charge in [0.05, 0.1) is 12.0 Å². The van der Waals surface area contributed by atoms with Gasteiger partial charge in [-0.1, -0.05) is 13.8 Å². The van der Waals surface area contributed by atoms with Gasteiger partial charge in [0, 0.05) is 31.1 Å². The van der Waals surface area contributed by atoms with Crippen LogP contribution in [0.1, 0.15) is 27.7 Å². The molecule has 1 aliphatic heterocycles. The fourth-order valence-corrected chi connectivity index (χ4v) is 4.84. The molecule has 0 unspecified atom stereocenters. The normalized spacial score (nSPS) is 23.3. The van der Waals surface area contributed by atoms with Crippen molar-refractivity contribution < 1.29 is 4.57 Å². The zero-order valence-electron chi connectivity index (χ0n) is 10.6. The van der Waals surface area contributed by atoms with E-state index >= 15 is 0 Å². The van der Waals surface area contributed by atoms with Gasteiger partial charge in [-0.2, -0.15) is 0 Å². The summed E-state index contributed by atoms with van der Waals surface area (Å²) in [4.78, 5) is 2.67. The number of hydrogen-bond donors (Lipinski definition) is 0. The second kappa shape index (κ2) is 4.81. The first kappa shape index (κ1) is 13.6. The Morgan fingerprint density at radius 1 is 1.27 bits per heavy atom. The summed E-state index contributed by atoms with van der Waals surface area (Å²) in [5, 5.41) is 0. The minimum atomic E-state index is -1.85. The average Bonchev–Trinajstić information content (AvgIpc) is 2.18. The van der Waals surface area contributed by atoms with Crippen LogP contribution in [0.15, 0.2) is 0 Å². The van der Waals surface area contributed by atoms with Crippen LogP contribution in [0.5, 0.6) is 0 Å². The SMILES string of the molecule is CSC(C)(C)N1CCP(=O)(C(C)C)CC1. The summed E-state index contributed by atoms with van der Waals surface area (Å²) in [6, 6.07) is 0. The van der Waals surface area contributed by atoms with Crippen molar-refractivity contribution >= 4 is 18.9 Å². The maximum atomic E-state index is 12.5. The zero-order chi connectivity index (χ0) is 11.7. The molecule has 1 heterocycles. The van der Waals surface area contributed by atoms with E-state index < -0.39 is 7.14 Å². The van der Waals surface area contributed by atoms with Crippen LogP contribution in [-0.4, -0.2) is 47.1 Å². The second-order valence-corrected chi connectivity index (χ2v) is 10.4. The zero-order valence-corrected chi connectivity index (χ0v) is 12.3. The van der Waals surface area contributed by atoms with Crippen molar-refractivity contribution in [2.45, 2.75) is 38.2 Å². The summed E-state index contributed by atoms with van der Waals surface area (Å²) in [6.45, 7) is 10.7. The maximum Gasteiger partial charge on any atom is 0.0926 e. The number of thioether (sulfide) groups is 1. The Morgan fingerprint density at radius 2 is 1.73 bits per heavy atom. The molecule has 0 saturated carbocycles. The van der Waals surface area contributed by atoms with E-state index in [2.05, 4.69) is 38.9 Å². The molecule has 1 rings (SSSR count). The molecular weight excluding hydrogens is 225 g/mol. The molecular formula is C11H24NOPS. The Labute approximate surface area is 98.6 Å². The minimum Gasteiger partial charge on any atom is -0.323 e. The van der Waals surface area contributed by atoms with Gasteiger partial charge in [0.2, 0.25) is 0 Å². The molecule has 0 bridgehead atoms. The summed E-state index contributed by atoms with van der Waals surface area (Å²) in [5.41, 5.74) is 0.372. The summed E-state index contributed by atoms with van der Waals surface area (Å²) in [5.74, 6) is 0. The number of rotatable bonds is 3. The van der Waals surface area contributed by atoms with Gasteiger partial charge in [-0.15, -0.1) is 11.8 Å². The molecule has 0 N–H and O–H groups in total. The predicted molar refractivity (Wildman–Crippen MR) is 71.6 cm³/mol. The van der Waals surface area contributed by atoms with Crippen LogP contribution < -0.4 is 0 Å². The summed E-state index contributed by atoms with van der Waals surface area (Å²) >= 11 is 1.88. The largest absolute Gasteiger partial charge is 0.323 e. The van der Waals surface area contributed by atoms with Crippen LogP contribution in [0.3, 0.4) is 0 Å². The second-order valence-electron chi connectivity index (χ2n) is 5.13. The van der Waals surface area contributed by atoms with Crippen molar-refractivity contribution in [1.29, 1.82) is 0 Å². The van der Waals surface area contributed by atoms with Crippen LogP contribution in [0.2, 0.25) is 0 Å². The van der Waals surface area contributed by atoms with Crippen molar-refractivity contribution in [3.63, 3.8) is 0 Å². The molecule has 15 heavy (non-hydrogen) atoms. The van der Waals surface area contributed by atoms with Crippen molar-refractivity contribution in [1.82, 2.24) is 4.90 Å². The van der Waals surface area contributed by atoms with E-state index in [1.165, 1.54) is 0 Å². The highest BCUT2D eigenvalue weighted by atomic mass is 32.2. The predicted octanol–water partition coefficient (Wildman–Crippen LogP) is 3.17. The lowest BCUT2D eigenvalue weighted by Crippen LogP contribution is -2.47. The fourth-order valence-electron chi connectivity index (χ4n) is 1.99. The first-order chi connectivity index (χ1) is 6.82. The lowest BCUT2D eigenvalue weighted by atomic mass is 10.3. The van der Waals surface area contributed by atoms with Gasteiger partial charge in [-0.05, 0) is 20.1 Å². The highest BCUT2D eigenvalue weighted by Crippen LogP contribution is 2.52. The molecule has 0 aromatic carbocycles. The van der Waals surface area contributed by atoms with E-state index in [0.29, 0.717) is 5.66 Å². The van der Waals surface area contributed by atoms with Gasteiger partial charge in [-0.25, -0.2) is 0 Å². The van der Waals surface area contributed by atoms with Crippen LogP contribution in [0.4, 0.5) is 0 Å². The summed E-state index contributed by atoms with van der Waals surface area (Å²) < 4.78 is 12.5. The number of hydrogen-bond acceptors (Lipinski definition) is 3. The number of nitrogens with zero attached hydrogens (tertiary/aromatic N) is 1. The molecule has 0 atom stereocenters. The fraction of sp³-hybridized carbons (Fsp3) is 1.00. The molecule has 0 spiro atoms. The molecule has 0 aliphatic carbocycles. The monoisotopic (exact) mass is 249 g/mol. The van der Waals surface area contributed by atoms with E-state index in [-0.39, 0.29) is 4.87 Å². The van der Waals surface area contributed by atoms with E-state index in [4.69, 9.17) is 0 Å². The quantitative estimate of drug-likeness (QED) is 0.717. The van der Waals surface area contributed by atoms with Crippen LogP contribution in [0, 0.1) is 0 Å². The minimum absolute atomic E-state index is 0.197. The highest BCUT2D eigenvalue weighted by molar-refractivity contribution is 7.99. The van der Waals surface area contributed by atoms with E-state index in [1.54, 1.807) is 0 Å². The third-order valence-electron chi connectivity index (χ3n) is 3.70. The van der Waals surface area contributed by atoms with E-state index in [1.807, 2.05) is 11.8 Å². The first-order valence-corrected chi connectivity index (χ1v) is 9.07.